The second kappa shape index (κ2) is 8.11. The number of nitrogens with one attached hydrogen (secondary N) is 1. The molecule has 4 heteroatoms. The number of methoxy groups -OCH3 is 1. The zero-order valence-electron chi connectivity index (χ0n) is 12.8. The Labute approximate surface area is 130 Å². The lowest BCUT2D eigenvalue weighted by molar-refractivity contribution is 0.0116. The van der Waals surface area contributed by atoms with Gasteiger partial charge in [0.2, 0.25) is 0 Å². The maximum atomic E-state index is 14.1. The van der Waals surface area contributed by atoms with Crippen LogP contribution in [0.25, 0.3) is 0 Å². The fraction of sp³-hybridized carbons (Fsp3) is 0.625. The molecule has 0 heterocycles. The highest BCUT2D eigenvalue weighted by atomic mass is 79.9. The van der Waals surface area contributed by atoms with Crippen molar-refractivity contribution in [3.63, 3.8) is 0 Å². The van der Waals surface area contributed by atoms with Crippen LogP contribution in [0.3, 0.4) is 0 Å². The number of hydrogen-bond donors (Lipinski definition) is 1. The summed E-state index contributed by atoms with van der Waals surface area (Å²) in [5, 5.41) is 3.43. The van der Waals surface area contributed by atoms with E-state index in [0.29, 0.717) is 0 Å². The minimum absolute atomic E-state index is 0.0156. The predicted octanol–water partition coefficient (Wildman–Crippen LogP) is 4.83. The molecule has 1 N–H and O–H groups in total. The molecule has 0 aromatic heterocycles. The molecule has 1 atom stereocenters. The van der Waals surface area contributed by atoms with Gasteiger partial charge in [0.15, 0.2) is 0 Å². The van der Waals surface area contributed by atoms with Crippen LogP contribution in [0.1, 0.15) is 51.6 Å². The smallest absolute Gasteiger partial charge is 0.128 e. The second-order valence-electron chi connectivity index (χ2n) is 5.68. The normalized spacial score (nSPS) is 13.5. The molecular weight excluding hydrogens is 321 g/mol. The summed E-state index contributed by atoms with van der Waals surface area (Å²) in [4.78, 5) is 0. The van der Waals surface area contributed by atoms with Crippen molar-refractivity contribution in [3.8, 4) is 0 Å². The van der Waals surface area contributed by atoms with Crippen LogP contribution in [-0.4, -0.2) is 19.3 Å². The van der Waals surface area contributed by atoms with E-state index < -0.39 is 0 Å². The Kier molecular flexibility index (Phi) is 7.13. The van der Waals surface area contributed by atoms with Gasteiger partial charge in [-0.3, -0.25) is 0 Å². The van der Waals surface area contributed by atoms with Gasteiger partial charge in [0.05, 0.1) is 5.60 Å². The summed E-state index contributed by atoms with van der Waals surface area (Å²) in [5.41, 5.74) is 0.536. The summed E-state index contributed by atoms with van der Waals surface area (Å²) in [7, 11) is 1.72. The van der Waals surface area contributed by atoms with Gasteiger partial charge in [0.1, 0.15) is 5.82 Å². The molecule has 2 nitrogen and oxygen atoms in total. The van der Waals surface area contributed by atoms with Gasteiger partial charge in [0.25, 0.3) is 0 Å². The van der Waals surface area contributed by atoms with E-state index in [9.17, 15) is 4.39 Å². The van der Waals surface area contributed by atoms with Crippen LogP contribution >= 0.6 is 15.9 Å². The van der Waals surface area contributed by atoms with Gasteiger partial charge in [-0.2, -0.15) is 0 Å². The van der Waals surface area contributed by atoms with Crippen molar-refractivity contribution in [1.29, 1.82) is 0 Å². The number of benzene rings is 1. The minimum Gasteiger partial charge on any atom is -0.379 e. The lowest BCUT2D eigenvalue weighted by atomic mass is 9.94. The van der Waals surface area contributed by atoms with Crippen molar-refractivity contribution in [2.45, 2.75) is 51.7 Å². The Balaban J connectivity index is 2.85. The Morgan fingerprint density at radius 3 is 2.70 bits per heavy atom. The summed E-state index contributed by atoms with van der Waals surface area (Å²) in [6, 6.07) is 5.13. The van der Waals surface area contributed by atoms with Crippen LogP contribution in [-0.2, 0) is 4.74 Å². The molecule has 0 spiro atoms. The highest BCUT2D eigenvalue weighted by molar-refractivity contribution is 9.10. The fourth-order valence-electron chi connectivity index (χ4n) is 2.06. The summed E-state index contributed by atoms with van der Waals surface area (Å²) < 4.78 is 20.4. The third-order valence-electron chi connectivity index (χ3n) is 3.56. The highest BCUT2D eigenvalue weighted by Crippen LogP contribution is 2.28. The Hall–Kier alpha value is -0.450. The largest absolute Gasteiger partial charge is 0.379 e. The Morgan fingerprint density at radius 1 is 1.40 bits per heavy atom. The van der Waals surface area contributed by atoms with E-state index in [2.05, 4.69) is 42.0 Å². The molecule has 1 rings (SSSR count). The third-order valence-corrected chi connectivity index (χ3v) is 4.06. The first-order valence-electron chi connectivity index (χ1n) is 7.13. The van der Waals surface area contributed by atoms with Crippen molar-refractivity contribution >= 4 is 15.9 Å². The summed E-state index contributed by atoms with van der Waals surface area (Å²) in [5.74, 6) is -0.156. The molecule has 114 valence electrons. The van der Waals surface area contributed by atoms with Gasteiger partial charge >= 0.3 is 0 Å². The third kappa shape index (κ3) is 5.51. The molecule has 0 saturated heterocycles. The topological polar surface area (TPSA) is 21.3 Å². The van der Waals surface area contributed by atoms with Gasteiger partial charge in [-0.25, -0.2) is 4.39 Å². The zero-order valence-corrected chi connectivity index (χ0v) is 14.4. The van der Waals surface area contributed by atoms with Crippen LogP contribution in [0, 0.1) is 5.82 Å². The molecule has 1 aromatic carbocycles. The summed E-state index contributed by atoms with van der Waals surface area (Å²) >= 11 is 3.42. The molecule has 0 aliphatic heterocycles. The van der Waals surface area contributed by atoms with Crippen LogP contribution in [0.15, 0.2) is 22.7 Å². The van der Waals surface area contributed by atoms with E-state index in [1.807, 2.05) is 6.07 Å². The van der Waals surface area contributed by atoms with Crippen LogP contribution in [0.4, 0.5) is 4.39 Å². The first kappa shape index (κ1) is 17.6. The van der Waals surface area contributed by atoms with Crippen molar-refractivity contribution in [2.24, 2.45) is 0 Å². The average Bonchev–Trinajstić information content (AvgIpc) is 2.42. The Morgan fingerprint density at radius 2 is 2.10 bits per heavy atom. The SMILES string of the molecule is CCCNC(CCC(C)(C)OC)c1cc(Br)ccc1F. The molecule has 0 saturated carbocycles. The minimum atomic E-state index is -0.186. The van der Waals surface area contributed by atoms with Gasteiger partial charge < -0.3 is 10.1 Å². The second-order valence-corrected chi connectivity index (χ2v) is 6.59. The van der Waals surface area contributed by atoms with E-state index in [4.69, 9.17) is 4.74 Å². The van der Waals surface area contributed by atoms with Crippen LogP contribution < -0.4 is 5.32 Å². The standard InChI is InChI=1S/C16H25BrFNO/c1-5-10-19-15(8-9-16(2,3)20-4)13-11-12(17)6-7-14(13)18/h6-7,11,15,19H,5,8-10H2,1-4H3. The molecule has 0 bridgehead atoms. The van der Waals surface area contributed by atoms with Gasteiger partial charge in [-0.1, -0.05) is 22.9 Å². The number of ether oxygens (including phenoxy) is 1. The van der Waals surface area contributed by atoms with Crippen LogP contribution in [0.2, 0.25) is 0 Å². The number of halogens is 2. The van der Waals surface area contributed by atoms with Crippen molar-refractivity contribution in [1.82, 2.24) is 5.32 Å². The molecule has 1 unspecified atom stereocenters. The van der Waals surface area contributed by atoms with Crippen molar-refractivity contribution in [2.75, 3.05) is 13.7 Å². The molecule has 0 aliphatic rings. The van der Waals surface area contributed by atoms with E-state index >= 15 is 0 Å². The van der Waals surface area contributed by atoms with Gasteiger partial charge in [-0.15, -0.1) is 0 Å². The van der Waals surface area contributed by atoms with Gasteiger partial charge in [0, 0.05) is 23.2 Å². The monoisotopic (exact) mass is 345 g/mol. The molecule has 0 amide bonds. The van der Waals surface area contributed by atoms with Crippen molar-refractivity contribution in [3.05, 3.63) is 34.1 Å². The van der Waals surface area contributed by atoms with E-state index in [0.717, 1.165) is 35.8 Å². The first-order valence-corrected chi connectivity index (χ1v) is 7.92. The van der Waals surface area contributed by atoms with Crippen LogP contribution in [0.5, 0.6) is 0 Å². The van der Waals surface area contributed by atoms with E-state index in [1.165, 1.54) is 6.07 Å². The van der Waals surface area contributed by atoms with Gasteiger partial charge in [-0.05, 0) is 57.9 Å². The van der Waals surface area contributed by atoms with E-state index in [1.54, 1.807) is 13.2 Å². The lowest BCUT2D eigenvalue weighted by Gasteiger charge is -2.27. The van der Waals surface area contributed by atoms with E-state index in [-0.39, 0.29) is 17.5 Å². The zero-order chi connectivity index (χ0) is 15.2. The van der Waals surface area contributed by atoms with Crippen molar-refractivity contribution < 1.29 is 9.13 Å². The maximum absolute atomic E-state index is 14.1. The average molecular weight is 346 g/mol. The number of hydrogen-bond acceptors (Lipinski definition) is 2. The number of rotatable bonds is 8. The summed E-state index contributed by atoms with van der Waals surface area (Å²) in [6.07, 6.45) is 2.74. The summed E-state index contributed by atoms with van der Waals surface area (Å²) in [6.45, 7) is 7.10. The Bertz CT molecular complexity index is 423. The molecule has 0 aliphatic carbocycles. The molecule has 1 aromatic rings. The quantitative estimate of drug-likeness (QED) is 0.728. The lowest BCUT2D eigenvalue weighted by Crippen LogP contribution is -2.28. The molecule has 0 fully saturated rings. The fourth-order valence-corrected chi connectivity index (χ4v) is 2.44. The first-order chi connectivity index (χ1) is 9.39. The molecule has 0 radical (unpaired) electrons. The maximum Gasteiger partial charge on any atom is 0.128 e. The predicted molar refractivity (Wildman–Crippen MR) is 85.5 cm³/mol. The molecular formula is C16H25BrFNO. The highest BCUT2D eigenvalue weighted by Gasteiger charge is 2.21. The molecule has 20 heavy (non-hydrogen) atoms.